The molecule has 21 heavy (non-hydrogen) atoms. The molecule has 2 aliphatic rings. The van der Waals surface area contributed by atoms with E-state index < -0.39 is 0 Å². The van der Waals surface area contributed by atoms with Crippen LogP contribution < -0.4 is 5.32 Å². The third kappa shape index (κ3) is 3.49. The van der Waals surface area contributed by atoms with Crippen LogP contribution in [0, 0.1) is 5.92 Å². The normalized spacial score (nSPS) is 30.4. The topological polar surface area (TPSA) is 15.3 Å². The molecule has 0 radical (unpaired) electrons. The fourth-order valence-corrected chi connectivity index (χ4v) is 4.15. The van der Waals surface area contributed by atoms with E-state index in [4.69, 9.17) is 0 Å². The number of benzene rings is 1. The largest absolute Gasteiger partial charge is 0.311 e. The van der Waals surface area contributed by atoms with Crippen LogP contribution in [-0.4, -0.2) is 36.1 Å². The molecule has 0 spiro atoms. The summed E-state index contributed by atoms with van der Waals surface area (Å²) in [6.07, 6.45) is 5.13. The maximum absolute atomic E-state index is 3.75. The molecule has 1 aliphatic heterocycles. The fraction of sp³-hybridized carbons (Fsp3) is 0.684. The molecule has 1 aliphatic carbocycles. The lowest BCUT2D eigenvalue weighted by atomic mass is 9.86. The zero-order chi connectivity index (χ0) is 14.8. The lowest BCUT2D eigenvalue weighted by molar-refractivity contribution is 0.0773. The van der Waals surface area contributed by atoms with Gasteiger partial charge in [0.05, 0.1) is 0 Å². The first-order chi connectivity index (χ1) is 10.1. The van der Waals surface area contributed by atoms with Gasteiger partial charge < -0.3 is 5.32 Å². The number of nitrogens with one attached hydrogen (secondary N) is 1. The van der Waals surface area contributed by atoms with E-state index in [1.54, 1.807) is 11.1 Å². The van der Waals surface area contributed by atoms with Gasteiger partial charge in [-0.2, -0.15) is 0 Å². The predicted octanol–water partition coefficient (Wildman–Crippen LogP) is 3.25. The van der Waals surface area contributed by atoms with Crippen molar-refractivity contribution >= 4 is 0 Å². The molecule has 3 unspecified atom stereocenters. The van der Waals surface area contributed by atoms with Crippen LogP contribution in [0.2, 0.25) is 0 Å². The predicted molar refractivity (Wildman–Crippen MR) is 89.7 cm³/mol. The summed E-state index contributed by atoms with van der Waals surface area (Å²) in [6.45, 7) is 9.43. The lowest BCUT2D eigenvalue weighted by Crippen LogP contribution is -2.59. The van der Waals surface area contributed by atoms with E-state index in [0.717, 1.165) is 18.5 Å². The highest BCUT2D eigenvalue weighted by molar-refractivity contribution is 5.30. The first-order valence-electron chi connectivity index (χ1n) is 8.69. The Kier molecular flexibility index (Phi) is 4.66. The van der Waals surface area contributed by atoms with Gasteiger partial charge in [-0.1, -0.05) is 38.1 Å². The van der Waals surface area contributed by atoms with Gasteiger partial charge in [-0.3, -0.25) is 4.90 Å². The molecular formula is C19H30N2. The van der Waals surface area contributed by atoms with Crippen LogP contribution in [0.1, 0.15) is 44.7 Å². The van der Waals surface area contributed by atoms with Crippen molar-refractivity contribution in [2.24, 2.45) is 5.92 Å². The highest BCUT2D eigenvalue weighted by Crippen LogP contribution is 2.27. The summed E-state index contributed by atoms with van der Waals surface area (Å²) in [5.41, 5.74) is 3.16. The highest BCUT2D eigenvalue weighted by Gasteiger charge is 2.32. The maximum Gasteiger partial charge on any atom is 0.0198 e. The number of rotatable bonds is 3. The Hall–Kier alpha value is -0.860. The zero-order valence-electron chi connectivity index (χ0n) is 13.8. The number of nitrogens with zero attached hydrogens (tertiary/aromatic N) is 1. The van der Waals surface area contributed by atoms with Crippen LogP contribution in [0.25, 0.3) is 0 Å². The molecule has 3 rings (SSSR count). The van der Waals surface area contributed by atoms with Crippen molar-refractivity contribution in [2.75, 3.05) is 13.1 Å². The van der Waals surface area contributed by atoms with Crippen molar-refractivity contribution < 1.29 is 0 Å². The van der Waals surface area contributed by atoms with E-state index in [-0.39, 0.29) is 0 Å². The second kappa shape index (κ2) is 6.50. The first kappa shape index (κ1) is 15.1. The highest BCUT2D eigenvalue weighted by atomic mass is 15.2. The van der Waals surface area contributed by atoms with Gasteiger partial charge >= 0.3 is 0 Å². The van der Waals surface area contributed by atoms with E-state index >= 15 is 0 Å². The minimum Gasteiger partial charge on any atom is -0.311 e. The van der Waals surface area contributed by atoms with Crippen molar-refractivity contribution in [3.8, 4) is 0 Å². The summed E-state index contributed by atoms with van der Waals surface area (Å²) in [7, 11) is 0. The van der Waals surface area contributed by atoms with Crippen molar-refractivity contribution in [2.45, 2.75) is 64.6 Å². The Morgan fingerprint density at radius 2 is 2.00 bits per heavy atom. The van der Waals surface area contributed by atoms with Gasteiger partial charge in [0.25, 0.3) is 0 Å². The smallest absolute Gasteiger partial charge is 0.0198 e. The second-order valence-electron chi connectivity index (χ2n) is 7.45. The molecule has 1 aromatic carbocycles. The molecule has 1 fully saturated rings. The quantitative estimate of drug-likeness (QED) is 0.917. The average Bonchev–Trinajstić information content (AvgIpc) is 2.48. The zero-order valence-corrected chi connectivity index (χ0v) is 13.8. The van der Waals surface area contributed by atoms with Crippen LogP contribution in [0.5, 0.6) is 0 Å². The van der Waals surface area contributed by atoms with Gasteiger partial charge in [-0.05, 0) is 49.7 Å². The van der Waals surface area contributed by atoms with Crippen molar-refractivity contribution in [3.05, 3.63) is 35.4 Å². The first-order valence-corrected chi connectivity index (χ1v) is 8.69. The fourth-order valence-electron chi connectivity index (χ4n) is 4.15. The molecule has 116 valence electrons. The van der Waals surface area contributed by atoms with Gasteiger partial charge in [-0.15, -0.1) is 0 Å². The number of hydrogen-bond acceptors (Lipinski definition) is 2. The Balaban J connectivity index is 1.68. The minimum atomic E-state index is 0.670. The standard InChI is InChI=1S/C19H30N2/c1-14(2)10-18-13-21(15(3)12-20-18)19-9-8-16-6-4-5-7-17(16)11-19/h4-7,14-15,18-20H,8-13H2,1-3H3. The molecule has 2 nitrogen and oxygen atoms in total. The van der Waals surface area contributed by atoms with Gasteiger partial charge in [0.1, 0.15) is 0 Å². The summed E-state index contributed by atoms with van der Waals surface area (Å²) in [6, 6.07) is 11.1. The summed E-state index contributed by atoms with van der Waals surface area (Å²) in [5, 5.41) is 3.75. The van der Waals surface area contributed by atoms with E-state index in [1.165, 1.54) is 32.2 Å². The summed E-state index contributed by atoms with van der Waals surface area (Å²) >= 11 is 0. The molecule has 1 N–H and O–H groups in total. The van der Waals surface area contributed by atoms with E-state index in [2.05, 4.69) is 55.3 Å². The molecule has 1 aromatic rings. The van der Waals surface area contributed by atoms with Crippen molar-refractivity contribution in [1.82, 2.24) is 10.2 Å². The van der Waals surface area contributed by atoms with Gasteiger partial charge in [-0.25, -0.2) is 0 Å². The Labute approximate surface area is 129 Å². The SMILES string of the molecule is CC(C)CC1CN(C2CCc3ccccc3C2)C(C)CN1. The van der Waals surface area contributed by atoms with Crippen LogP contribution >= 0.6 is 0 Å². The average molecular weight is 286 g/mol. The molecule has 0 aromatic heterocycles. The van der Waals surface area contributed by atoms with Crippen LogP contribution in [-0.2, 0) is 12.8 Å². The summed E-state index contributed by atoms with van der Waals surface area (Å²) in [5.74, 6) is 0.782. The second-order valence-corrected chi connectivity index (χ2v) is 7.45. The number of aryl methyl sites for hydroxylation is 1. The van der Waals surface area contributed by atoms with Gasteiger partial charge in [0.2, 0.25) is 0 Å². The molecule has 2 heteroatoms. The summed E-state index contributed by atoms with van der Waals surface area (Å²) in [4.78, 5) is 2.79. The van der Waals surface area contributed by atoms with Crippen LogP contribution in [0.15, 0.2) is 24.3 Å². The van der Waals surface area contributed by atoms with Crippen molar-refractivity contribution in [1.29, 1.82) is 0 Å². The Morgan fingerprint density at radius 3 is 2.76 bits per heavy atom. The molecule has 1 heterocycles. The molecular weight excluding hydrogens is 256 g/mol. The maximum atomic E-state index is 3.75. The van der Waals surface area contributed by atoms with Crippen LogP contribution in [0.3, 0.4) is 0 Å². The Morgan fingerprint density at radius 1 is 1.24 bits per heavy atom. The van der Waals surface area contributed by atoms with Gasteiger partial charge in [0, 0.05) is 31.2 Å². The lowest BCUT2D eigenvalue weighted by Gasteiger charge is -2.45. The number of piperazine rings is 1. The van der Waals surface area contributed by atoms with Crippen LogP contribution in [0.4, 0.5) is 0 Å². The third-order valence-electron chi connectivity index (χ3n) is 5.25. The molecule has 1 saturated heterocycles. The van der Waals surface area contributed by atoms with E-state index in [0.29, 0.717) is 12.1 Å². The van der Waals surface area contributed by atoms with E-state index in [9.17, 15) is 0 Å². The molecule has 3 atom stereocenters. The Bertz CT molecular complexity index is 468. The molecule has 0 amide bonds. The number of fused-ring (bicyclic) bond motifs is 1. The van der Waals surface area contributed by atoms with Crippen molar-refractivity contribution in [3.63, 3.8) is 0 Å². The molecule has 0 saturated carbocycles. The third-order valence-corrected chi connectivity index (χ3v) is 5.25. The van der Waals surface area contributed by atoms with Gasteiger partial charge in [0.15, 0.2) is 0 Å². The molecule has 0 bridgehead atoms. The van der Waals surface area contributed by atoms with E-state index in [1.807, 2.05) is 0 Å². The number of hydrogen-bond donors (Lipinski definition) is 1. The monoisotopic (exact) mass is 286 g/mol. The minimum absolute atomic E-state index is 0.670. The summed E-state index contributed by atoms with van der Waals surface area (Å²) < 4.78 is 0.